The summed E-state index contributed by atoms with van der Waals surface area (Å²) in [5, 5.41) is 10.0. The maximum absolute atomic E-state index is 13.4. The predicted molar refractivity (Wildman–Crippen MR) is 145 cm³/mol. The molecule has 1 aliphatic heterocycles. The maximum atomic E-state index is 13.4. The fourth-order valence-electron chi connectivity index (χ4n) is 4.31. The Balaban J connectivity index is 1.64. The minimum absolute atomic E-state index is 0.000194. The molecule has 3 aromatic rings. The number of rotatable bonds is 8. The third kappa shape index (κ3) is 6.14. The average molecular weight is 617 g/mol. The van der Waals surface area contributed by atoms with Gasteiger partial charge in [0.15, 0.2) is 5.60 Å². The van der Waals surface area contributed by atoms with Crippen LogP contribution in [0.5, 0.6) is 0 Å². The minimum atomic E-state index is -4.90. The molecule has 1 aromatic heterocycles. The van der Waals surface area contributed by atoms with Gasteiger partial charge in [-0.2, -0.15) is 17.5 Å². The lowest BCUT2D eigenvalue weighted by molar-refractivity contribution is -0.258. The molecule has 0 aliphatic carbocycles. The Bertz CT molecular complexity index is 1550. The molecule has 40 heavy (non-hydrogen) atoms. The van der Waals surface area contributed by atoms with Gasteiger partial charge in [0.2, 0.25) is 20.0 Å². The van der Waals surface area contributed by atoms with E-state index in [1.807, 2.05) is 0 Å². The zero-order valence-electron chi connectivity index (χ0n) is 21.2. The van der Waals surface area contributed by atoms with Crippen molar-refractivity contribution in [1.29, 1.82) is 0 Å². The number of sulfonamides is 2. The molecule has 0 spiro atoms. The SMILES string of the molecule is CC(O)(c1ccc(N2CCN(S(=O)(=O)c3ccccc3S)C[C@@H]2CNS(=O)(=O)c2cccnc2)cc1)C(F)(F)F. The molecule has 1 unspecified atom stereocenters. The van der Waals surface area contributed by atoms with Crippen LogP contribution >= 0.6 is 12.6 Å². The van der Waals surface area contributed by atoms with E-state index >= 15 is 0 Å². The number of piperazine rings is 1. The van der Waals surface area contributed by atoms with Gasteiger partial charge in [-0.25, -0.2) is 21.6 Å². The van der Waals surface area contributed by atoms with Crippen LogP contribution in [0.1, 0.15) is 12.5 Å². The molecule has 1 saturated heterocycles. The smallest absolute Gasteiger partial charge is 0.376 e. The molecule has 0 amide bonds. The van der Waals surface area contributed by atoms with Gasteiger partial charge in [0.05, 0.1) is 10.9 Å². The van der Waals surface area contributed by atoms with Crippen LogP contribution in [0, 0.1) is 0 Å². The number of thiol groups is 1. The molecule has 9 nitrogen and oxygen atoms in total. The molecule has 2 heterocycles. The van der Waals surface area contributed by atoms with Crippen molar-refractivity contribution in [3.8, 4) is 0 Å². The van der Waals surface area contributed by atoms with Crippen LogP contribution in [0.15, 0.2) is 87.7 Å². The van der Waals surface area contributed by atoms with Gasteiger partial charge in [0, 0.05) is 49.2 Å². The highest BCUT2D eigenvalue weighted by molar-refractivity contribution is 7.90. The predicted octanol–water partition coefficient (Wildman–Crippen LogP) is 3.00. The van der Waals surface area contributed by atoms with Gasteiger partial charge in [-0.3, -0.25) is 4.98 Å². The standard InChI is InChI=1S/C25H27F3N4O5S3/c1-24(33,25(26,27)28)18-8-10-19(11-9-18)32-14-13-31(40(36,37)23-7-3-2-6-22(23)38)17-20(32)15-30-39(34,35)21-5-4-12-29-16-21/h2-12,16,20,30,33,38H,13-15,17H2,1H3/t20-,24?/m0/s1. The van der Waals surface area contributed by atoms with E-state index in [1.54, 1.807) is 23.1 Å². The fraction of sp³-hybridized carbons (Fsp3) is 0.320. The van der Waals surface area contributed by atoms with Crippen LogP contribution in [0.2, 0.25) is 0 Å². The van der Waals surface area contributed by atoms with E-state index in [2.05, 4.69) is 22.3 Å². The van der Waals surface area contributed by atoms with Crippen molar-refractivity contribution >= 4 is 38.4 Å². The molecule has 1 aliphatic rings. The summed E-state index contributed by atoms with van der Waals surface area (Å²) in [5.41, 5.74) is -3.01. The zero-order valence-corrected chi connectivity index (χ0v) is 23.7. The van der Waals surface area contributed by atoms with Gasteiger partial charge >= 0.3 is 6.18 Å². The molecule has 216 valence electrons. The second kappa shape index (κ2) is 11.3. The van der Waals surface area contributed by atoms with Gasteiger partial charge in [0.25, 0.3) is 0 Å². The summed E-state index contributed by atoms with van der Waals surface area (Å²) in [7, 11) is -7.99. The number of anilines is 1. The highest BCUT2D eigenvalue weighted by Crippen LogP contribution is 2.39. The number of alkyl halides is 3. The number of benzene rings is 2. The quantitative estimate of drug-likeness (QED) is 0.333. The Morgan fingerprint density at radius 2 is 1.70 bits per heavy atom. The molecule has 15 heteroatoms. The maximum Gasteiger partial charge on any atom is 0.421 e. The van der Waals surface area contributed by atoms with E-state index in [0.29, 0.717) is 12.6 Å². The number of hydrogen-bond donors (Lipinski definition) is 3. The van der Waals surface area contributed by atoms with E-state index in [4.69, 9.17) is 0 Å². The first-order valence-corrected chi connectivity index (χ1v) is 15.4. The third-order valence-electron chi connectivity index (χ3n) is 6.70. The number of aromatic nitrogens is 1. The summed E-state index contributed by atoms with van der Waals surface area (Å²) in [4.78, 5) is 5.71. The Morgan fingerprint density at radius 3 is 2.30 bits per heavy atom. The van der Waals surface area contributed by atoms with E-state index in [1.165, 1.54) is 47.0 Å². The van der Waals surface area contributed by atoms with Crippen LogP contribution in [0.25, 0.3) is 0 Å². The van der Waals surface area contributed by atoms with E-state index in [9.17, 15) is 35.1 Å². The monoisotopic (exact) mass is 616 g/mol. The van der Waals surface area contributed by atoms with Crippen LogP contribution in [0.3, 0.4) is 0 Å². The minimum Gasteiger partial charge on any atom is -0.376 e. The Labute approximate surface area is 236 Å². The number of nitrogens with zero attached hydrogens (tertiary/aromatic N) is 3. The summed E-state index contributed by atoms with van der Waals surface area (Å²) < 4.78 is 96.3. The highest BCUT2D eigenvalue weighted by Gasteiger charge is 2.51. The van der Waals surface area contributed by atoms with Crippen molar-refractivity contribution in [3.63, 3.8) is 0 Å². The molecule has 0 radical (unpaired) electrons. The molecule has 0 saturated carbocycles. The van der Waals surface area contributed by atoms with Gasteiger partial charge in [-0.15, -0.1) is 12.6 Å². The van der Waals surface area contributed by atoms with Gasteiger partial charge in [0.1, 0.15) is 4.90 Å². The lowest BCUT2D eigenvalue weighted by atomic mass is 9.95. The van der Waals surface area contributed by atoms with Crippen molar-refractivity contribution in [3.05, 3.63) is 78.6 Å². The van der Waals surface area contributed by atoms with Crippen molar-refractivity contribution in [2.45, 2.75) is 39.4 Å². The second-order valence-electron chi connectivity index (χ2n) is 9.34. The molecule has 4 rings (SSSR count). The number of pyridine rings is 1. The Kier molecular flexibility index (Phi) is 8.55. The topological polar surface area (TPSA) is 120 Å². The fourth-order valence-corrected chi connectivity index (χ4v) is 7.40. The molecular weight excluding hydrogens is 589 g/mol. The summed E-state index contributed by atoms with van der Waals surface area (Å²) in [6.45, 7) is 0.456. The summed E-state index contributed by atoms with van der Waals surface area (Å²) in [6.07, 6.45) is -2.30. The number of hydrogen-bond acceptors (Lipinski definition) is 8. The van der Waals surface area contributed by atoms with E-state index < -0.39 is 37.9 Å². The first-order valence-electron chi connectivity index (χ1n) is 12.0. The normalized spacial score (nSPS) is 18.9. The lowest BCUT2D eigenvalue weighted by Gasteiger charge is -2.42. The van der Waals surface area contributed by atoms with Crippen molar-refractivity contribution < 1.29 is 35.1 Å². The first kappa shape index (κ1) is 30.3. The molecule has 2 N–H and O–H groups in total. The number of aliphatic hydroxyl groups is 1. The molecule has 2 atom stereocenters. The molecule has 1 fully saturated rings. The van der Waals surface area contributed by atoms with E-state index in [0.717, 1.165) is 12.1 Å². The molecular formula is C25H27F3N4O5S3. The Hall–Kier alpha value is -2.69. The van der Waals surface area contributed by atoms with Crippen LogP contribution in [-0.2, 0) is 25.6 Å². The van der Waals surface area contributed by atoms with Crippen molar-refractivity contribution in [2.24, 2.45) is 0 Å². The average Bonchev–Trinajstić information content (AvgIpc) is 2.92. The number of halogens is 3. The lowest BCUT2D eigenvalue weighted by Crippen LogP contribution is -2.58. The van der Waals surface area contributed by atoms with Crippen LogP contribution < -0.4 is 9.62 Å². The third-order valence-corrected chi connectivity index (χ3v) is 10.6. The van der Waals surface area contributed by atoms with Crippen LogP contribution in [0.4, 0.5) is 18.9 Å². The second-order valence-corrected chi connectivity index (χ2v) is 13.5. The largest absolute Gasteiger partial charge is 0.421 e. The zero-order chi connectivity index (χ0) is 29.3. The molecule has 0 bridgehead atoms. The first-order chi connectivity index (χ1) is 18.6. The van der Waals surface area contributed by atoms with Gasteiger partial charge < -0.3 is 10.0 Å². The highest BCUT2D eigenvalue weighted by atomic mass is 32.2. The summed E-state index contributed by atoms with van der Waals surface area (Å²) >= 11 is 4.27. The summed E-state index contributed by atoms with van der Waals surface area (Å²) in [6, 6.07) is 13.3. The Morgan fingerprint density at radius 1 is 1.02 bits per heavy atom. The summed E-state index contributed by atoms with van der Waals surface area (Å²) in [5.74, 6) is 0. The van der Waals surface area contributed by atoms with Crippen molar-refractivity contribution in [2.75, 3.05) is 31.1 Å². The molecule has 2 aromatic carbocycles. The number of nitrogens with one attached hydrogen (secondary N) is 1. The van der Waals surface area contributed by atoms with Gasteiger partial charge in [-0.1, -0.05) is 24.3 Å². The van der Waals surface area contributed by atoms with Crippen LogP contribution in [-0.4, -0.2) is 69.6 Å². The van der Waals surface area contributed by atoms with Gasteiger partial charge in [-0.05, 0) is 48.9 Å². The van der Waals surface area contributed by atoms with Crippen molar-refractivity contribution in [1.82, 2.24) is 14.0 Å². The van der Waals surface area contributed by atoms with E-state index in [-0.39, 0.29) is 46.4 Å².